The van der Waals surface area contributed by atoms with Gasteiger partial charge < -0.3 is 15.7 Å². The standard InChI is InChI=1S/C13H20N2O/c1-15-8-6-10(7-9-15)13(16)11-4-2-3-5-12(11)14/h2-5,10,13,16H,6-9,14H2,1H3. The molecule has 1 unspecified atom stereocenters. The van der Waals surface area contributed by atoms with E-state index in [2.05, 4.69) is 11.9 Å². The van der Waals surface area contributed by atoms with Gasteiger partial charge in [0, 0.05) is 11.3 Å². The molecular formula is C13H20N2O. The molecule has 0 spiro atoms. The Balaban J connectivity index is 2.07. The molecule has 1 atom stereocenters. The van der Waals surface area contributed by atoms with E-state index in [4.69, 9.17) is 5.73 Å². The third-order valence-corrected chi connectivity index (χ3v) is 3.52. The van der Waals surface area contributed by atoms with E-state index in [0.717, 1.165) is 31.5 Å². The van der Waals surface area contributed by atoms with Crippen molar-refractivity contribution in [1.29, 1.82) is 0 Å². The highest BCUT2D eigenvalue weighted by Crippen LogP contribution is 2.32. The van der Waals surface area contributed by atoms with Crippen LogP contribution in [0.25, 0.3) is 0 Å². The molecule has 0 aliphatic carbocycles. The minimum absolute atomic E-state index is 0.348. The van der Waals surface area contributed by atoms with E-state index in [0.29, 0.717) is 11.6 Å². The first-order chi connectivity index (χ1) is 7.68. The van der Waals surface area contributed by atoms with Crippen molar-refractivity contribution in [2.24, 2.45) is 5.92 Å². The van der Waals surface area contributed by atoms with E-state index in [-0.39, 0.29) is 0 Å². The molecule has 3 N–H and O–H groups in total. The van der Waals surface area contributed by atoms with Gasteiger partial charge in [0.15, 0.2) is 0 Å². The number of piperidine rings is 1. The lowest BCUT2D eigenvalue weighted by Gasteiger charge is -2.32. The second-order valence-electron chi connectivity index (χ2n) is 4.71. The van der Waals surface area contributed by atoms with Crippen molar-refractivity contribution in [2.75, 3.05) is 25.9 Å². The maximum Gasteiger partial charge on any atom is 0.0838 e. The minimum atomic E-state index is -0.408. The average Bonchev–Trinajstić information content (AvgIpc) is 2.30. The lowest BCUT2D eigenvalue weighted by Crippen LogP contribution is -2.32. The number of anilines is 1. The highest BCUT2D eigenvalue weighted by Gasteiger charge is 2.25. The van der Waals surface area contributed by atoms with Crippen LogP contribution in [0.1, 0.15) is 24.5 Å². The molecule has 1 aliphatic rings. The van der Waals surface area contributed by atoms with Gasteiger partial charge in [-0.15, -0.1) is 0 Å². The van der Waals surface area contributed by atoms with Gasteiger partial charge in [-0.3, -0.25) is 0 Å². The molecule has 1 aliphatic heterocycles. The van der Waals surface area contributed by atoms with Gasteiger partial charge in [-0.2, -0.15) is 0 Å². The number of aliphatic hydroxyl groups excluding tert-OH is 1. The second-order valence-corrected chi connectivity index (χ2v) is 4.71. The maximum atomic E-state index is 10.3. The normalized spacial score (nSPS) is 20.9. The lowest BCUT2D eigenvalue weighted by molar-refractivity contribution is 0.0663. The summed E-state index contributed by atoms with van der Waals surface area (Å²) in [7, 11) is 2.12. The van der Waals surface area contributed by atoms with E-state index in [1.165, 1.54) is 0 Å². The fourth-order valence-corrected chi connectivity index (χ4v) is 2.38. The molecule has 3 nitrogen and oxygen atoms in total. The highest BCUT2D eigenvalue weighted by atomic mass is 16.3. The fraction of sp³-hybridized carbons (Fsp3) is 0.538. The number of nitrogens with two attached hydrogens (primary N) is 1. The molecule has 0 bridgehead atoms. The predicted molar refractivity (Wildman–Crippen MR) is 66.0 cm³/mol. The van der Waals surface area contributed by atoms with Crippen LogP contribution in [0.15, 0.2) is 24.3 Å². The Kier molecular flexibility index (Phi) is 3.46. The summed E-state index contributed by atoms with van der Waals surface area (Å²) < 4.78 is 0. The van der Waals surface area contributed by atoms with Crippen LogP contribution in [0.5, 0.6) is 0 Å². The van der Waals surface area contributed by atoms with Crippen LogP contribution in [0.3, 0.4) is 0 Å². The first-order valence-electron chi connectivity index (χ1n) is 5.89. The molecule has 2 rings (SSSR count). The largest absolute Gasteiger partial charge is 0.398 e. The van der Waals surface area contributed by atoms with Crippen molar-refractivity contribution < 1.29 is 5.11 Å². The quantitative estimate of drug-likeness (QED) is 0.745. The average molecular weight is 220 g/mol. The number of hydrogen-bond donors (Lipinski definition) is 2. The van der Waals surface area contributed by atoms with Gasteiger partial charge >= 0.3 is 0 Å². The van der Waals surface area contributed by atoms with Crippen LogP contribution < -0.4 is 5.73 Å². The topological polar surface area (TPSA) is 49.5 Å². The van der Waals surface area contributed by atoms with E-state index < -0.39 is 6.10 Å². The Labute approximate surface area is 96.9 Å². The molecule has 1 saturated heterocycles. The first kappa shape index (κ1) is 11.4. The molecule has 3 heteroatoms. The molecule has 1 heterocycles. The predicted octanol–water partition coefficient (Wildman–Crippen LogP) is 1.64. The number of para-hydroxylation sites is 1. The van der Waals surface area contributed by atoms with Gasteiger partial charge in [0.25, 0.3) is 0 Å². The molecule has 1 aromatic rings. The second kappa shape index (κ2) is 4.85. The van der Waals surface area contributed by atoms with Gasteiger partial charge in [-0.25, -0.2) is 0 Å². The fourth-order valence-electron chi connectivity index (χ4n) is 2.38. The number of nitrogens with zero attached hydrogens (tertiary/aromatic N) is 1. The summed E-state index contributed by atoms with van der Waals surface area (Å²) >= 11 is 0. The zero-order valence-electron chi connectivity index (χ0n) is 9.76. The lowest BCUT2D eigenvalue weighted by atomic mass is 9.87. The SMILES string of the molecule is CN1CCC(C(O)c2ccccc2N)CC1. The zero-order chi connectivity index (χ0) is 11.5. The van der Waals surface area contributed by atoms with E-state index in [1.807, 2.05) is 24.3 Å². The van der Waals surface area contributed by atoms with Crippen LogP contribution >= 0.6 is 0 Å². The molecule has 0 aromatic heterocycles. The summed E-state index contributed by atoms with van der Waals surface area (Å²) in [5.41, 5.74) is 7.47. The summed E-state index contributed by atoms with van der Waals surface area (Å²) in [5.74, 6) is 0.348. The smallest absolute Gasteiger partial charge is 0.0838 e. The third-order valence-electron chi connectivity index (χ3n) is 3.52. The molecule has 16 heavy (non-hydrogen) atoms. The number of likely N-dealkylation sites (tertiary alicyclic amines) is 1. The number of nitrogen functional groups attached to an aromatic ring is 1. The van der Waals surface area contributed by atoms with Gasteiger partial charge in [0.2, 0.25) is 0 Å². The van der Waals surface area contributed by atoms with Crippen LogP contribution in [0.4, 0.5) is 5.69 Å². The Bertz CT molecular complexity index is 346. The molecule has 0 amide bonds. The maximum absolute atomic E-state index is 10.3. The zero-order valence-corrected chi connectivity index (χ0v) is 9.76. The van der Waals surface area contributed by atoms with Gasteiger partial charge in [-0.1, -0.05) is 18.2 Å². The van der Waals surface area contributed by atoms with Gasteiger partial charge in [0.1, 0.15) is 0 Å². The van der Waals surface area contributed by atoms with Crippen molar-refractivity contribution in [1.82, 2.24) is 4.90 Å². The van der Waals surface area contributed by atoms with Crippen LogP contribution in [0.2, 0.25) is 0 Å². The summed E-state index contributed by atoms with van der Waals surface area (Å²) in [6, 6.07) is 7.62. The molecule has 1 aromatic carbocycles. The summed E-state index contributed by atoms with van der Waals surface area (Å²) in [6.45, 7) is 2.13. The van der Waals surface area contributed by atoms with Gasteiger partial charge in [-0.05, 0) is 45.0 Å². The van der Waals surface area contributed by atoms with Crippen LogP contribution in [-0.4, -0.2) is 30.1 Å². The van der Waals surface area contributed by atoms with E-state index >= 15 is 0 Å². The van der Waals surface area contributed by atoms with E-state index in [1.54, 1.807) is 0 Å². The molecule has 1 fully saturated rings. The Hall–Kier alpha value is -1.06. The van der Waals surface area contributed by atoms with Gasteiger partial charge in [0.05, 0.1) is 6.10 Å². The molecule has 0 saturated carbocycles. The molecule has 0 radical (unpaired) electrons. The number of benzene rings is 1. The molecular weight excluding hydrogens is 200 g/mol. The molecule has 88 valence electrons. The first-order valence-corrected chi connectivity index (χ1v) is 5.89. The number of aliphatic hydroxyl groups is 1. The number of rotatable bonds is 2. The van der Waals surface area contributed by atoms with Crippen molar-refractivity contribution in [2.45, 2.75) is 18.9 Å². The van der Waals surface area contributed by atoms with Crippen LogP contribution in [0, 0.1) is 5.92 Å². The minimum Gasteiger partial charge on any atom is -0.398 e. The van der Waals surface area contributed by atoms with Crippen molar-refractivity contribution in [3.8, 4) is 0 Å². The third kappa shape index (κ3) is 2.36. The summed E-state index contributed by atoms with van der Waals surface area (Å²) in [4.78, 5) is 2.30. The Morgan fingerprint density at radius 3 is 2.56 bits per heavy atom. The highest BCUT2D eigenvalue weighted by molar-refractivity contribution is 5.47. The van der Waals surface area contributed by atoms with Crippen molar-refractivity contribution >= 4 is 5.69 Å². The van der Waals surface area contributed by atoms with Crippen LogP contribution in [-0.2, 0) is 0 Å². The summed E-state index contributed by atoms with van der Waals surface area (Å²) in [5, 5.41) is 10.3. The monoisotopic (exact) mass is 220 g/mol. The van der Waals surface area contributed by atoms with Crippen molar-refractivity contribution in [3.63, 3.8) is 0 Å². The summed E-state index contributed by atoms with van der Waals surface area (Å²) in [6.07, 6.45) is 1.69. The number of hydrogen-bond acceptors (Lipinski definition) is 3. The Morgan fingerprint density at radius 1 is 1.31 bits per heavy atom. The Morgan fingerprint density at radius 2 is 1.94 bits per heavy atom. The van der Waals surface area contributed by atoms with Crippen molar-refractivity contribution in [3.05, 3.63) is 29.8 Å². The van der Waals surface area contributed by atoms with E-state index in [9.17, 15) is 5.11 Å².